The molecule has 1 aromatic heterocycles. The van der Waals surface area contributed by atoms with Crippen molar-refractivity contribution >= 4 is 17.3 Å². The Morgan fingerprint density at radius 1 is 1.33 bits per heavy atom. The van der Waals surface area contributed by atoms with Gasteiger partial charge in [0.15, 0.2) is 5.96 Å². The summed E-state index contributed by atoms with van der Waals surface area (Å²) in [5, 5.41) is 9.63. The molecule has 0 bridgehead atoms. The number of aromatic nitrogens is 1. The summed E-state index contributed by atoms with van der Waals surface area (Å²) in [4.78, 5) is 8.63. The molecule has 0 radical (unpaired) electrons. The summed E-state index contributed by atoms with van der Waals surface area (Å²) in [5.74, 6) is 0.447. The van der Waals surface area contributed by atoms with E-state index in [-0.39, 0.29) is 11.9 Å². The van der Waals surface area contributed by atoms with E-state index in [4.69, 9.17) is 4.74 Å². The Hall–Kier alpha value is -1.99. The van der Waals surface area contributed by atoms with Crippen molar-refractivity contribution in [3.63, 3.8) is 0 Å². The first-order valence-corrected chi connectivity index (χ1v) is 8.64. The van der Waals surface area contributed by atoms with E-state index < -0.39 is 0 Å². The minimum absolute atomic E-state index is 0.176. The number of nitrogens with zero attached hydrogens (tertiary/aromatic N) is 2. The maximum Gasteiger partial charge on any atom is 0.191 e. The zero-order valence-electron chi connectivity index (χ0n) is 14.2. The van der Waals surface area contributed by atoms with E-state index in [9.17, 15) is 4.39 Å². The second kappa shape index (κ2) is 9.34. The zero-order valence-corrected chi connectivity index (χ0v) is 15.0. The smallest absolute Gasteiger partial charge is 0.191 e. The number of ether oxygens (including phenoxy) is 1. The summed E-state index contributed by atoms with van der Waals surface area (Å²) in [6.45, 7) is 3.29. The van der Waals surface area contributed by atoms with E-state index in [0.717, 1.165) is 29.2 Å². The van der Waals surface area contributed by atoms with Crippen molar-refractivity contribution in [2.24, 2.45) is 4.99 Å². The lowest BCUT2D eigenvalue weighted by atomic mass is 10.1. The van der Waals surface area contributed by atoms with Crippen molar-refractivity contribution < 1.29 is 9.13 Å². The molecule has 7 heteroatoms. The number of halogens is 1. The Kier molecular flexibility index (Phi) is 7.14. The molecule has 0 saturated carbocycles. The summed E-state index contributed by atoms with van der Waals surface area (Å²) >= 11 is 1.66. The molecule has 2 rings (SSSR count). The molecule has 1 aromatic carbocycles. The minimum Gasteiger partial charge on any atom is -0.375 e. The molecule has 24 heavy (non-hydrogen) atoms. The van der Waals surface area contributed by atoms with E-state index >= 15 is 0 Å². The Labute approximate surface area is 146 Å². The second-order valence-electron chi connectivity index (χ2n) is 5.26. The van der Waals surface area contributed by atoms with Crippen LogP contribution in [0.25, 0.3) is 0 Å². The van der Waals surface area contributed by atoms with Crippen molar-refractivity contribution in [2.45, 2.75) is 19.4 Å². The summed E-state index contributed by atoms with van der Waals surface area (Å²) in [5.41, 5.74) is 2.00. The molecule has 1 heterocycles. The highest BCUT2D eigenvalue weighted by atomic mass is 32.1. The third-order valence-corrected chi connectivity index (χ3v) is 4.37. The summed E-state index contributed by atoms with van der Waals surface area (Å²) in [6.07, 6.45) is 0.668. The number of hydrogen-bond donors (Lipinski definition) is 2. The Morgan fingerprint density at radius 2 is 2.08 bits per heavy atom. The van der Waals surface area contributed by atoms with E-state index in [1.807, 2.05) is 6.92 Å². The van der Waals surface area contributed by atoms with Gasteiger partial charge in [-0.2, -0.15) is 0 Å². The van der Waals surface area contributed by atoms with Gasteiger partial charge in [-0.15, -0.1) is 11.3 Å². The van der Waals surface area contributed by atoms with Gasteiger partial charge in [0.1, 0.15) is 5.82 Å². The quantitative estimate of drug-likeness (QED) is 0.595. The Balaban J connectivity index is 1.80. The molecule has 0 spiro atoms. The minimum atomic E-state index is -0.253. The SMILES string of the molecule is CN=C(NCCc1csc(C)n1)NCC(OC)c1ccc(F)cc1. The predicted octanol–water partition coefficient (Wildman–Crippen LogP) is 2.69. The maximum absolute atomic E-state index is 13.0. The van der Waals surface area contributed by atoms with E-state index in [1.54, 1.807) is 37.6 Å². The summed E-state index contributed by atoms with van der Waals surface area (Å²) in [6, 6.07) is 6.33. The van der Waals surface area contributed by atoms with Crippen LogP contribution in [-0.2, 0) is 11.2 Å². The largest absolute Gasteiger partial charge is 0.375 e. The average Bonchev–Trinajstić information content (AvgIpc) is 3.00. The van der Waals surface area contributed by atoms with Gasteiger partial charge in [0, 0.05) is 39.0 Å². The van der Waals surface area contributed by atoms with E-state index in [0.29, 0.717) is 12.5 Å². The molecule has 5 nitrogen and oxygen atoms in total. The molecule has 2 N–H and O–H groups in total. The number of hydrogen-bond acceptors (Lipinski definition) is 4. The maximum atomic E-state index is 13.0. The number of thiazole rings is 1. The molecular formula is C17H23FN4OS. The third-order valence-electron chi connectivity index (χ3n) is 3.54. The first-order chi connectivity index (χ1) is 11.6. The number of guanidine groups is 1. The molecule has 130 valence electrons. The number of benzene rings is 1. The topological polar surface area (TPSA) is 58.5 Å². The lowest BCUT2D eigenvalue weighted by Crippen LogP contribution is -2.40. The van der Waals surface area contributed by atoms with Crippen LogP contribution in [0.1, 0.15) is 22.4 Å². The molecule has 0 aliphatic carbocycles. The van der Waals surface area contributed by atoms with Gasteiger partial charge in [-0.1, -0.05) is 12.1 Å². The van der Waals surface area contributed by atoms with E-state index in [2.05, 4.69) is 26.0 Å². The van der Waals surface area contributed by atoms with Crippen molar-refractivity contribution in [3.05, 3.63) is 51.7 Å². The Bertz CT molecular complexity index is 657. The van der Waals surface area contributed by atoms with Crippen LogP contribution in [0.4, 0.5) is 4.39 Å². The van der Waals surface area contributed by atoms with Crippen molar-refractivity contribution in [1.29, 1.82) is 0 Å². The van der Waals surface area contributed by atoms with Crippen LogP contribution in [0, 0.1) is 12.7 Å². The molecule has 0 fully saturated rings. The Morgan fingerprint density at radius 3 is 2.67 bits per heavy atom. The highest BCUT2D eigenvalue weighted by molar-refractivity contribution is 7.09. The standard InChI is InChI=1S/C17H23FN4OS/c1-12-22-15(11-24-12)8-9-20-17(19-2)21-10-16(23-3)13-4-6-14(18)7-5-13/h4-7,11,16H,8-10H2,1-3H3,(H2,19,20,21). The van der Waals surface area contributed by atoms with Crippen LogP contribution < -0.4 is 10.6 Å². The average molecular weight is 350 g/mol. The van der Waals surface area contributed by atoms with Gasteiger partial charge in [-0.05, 0) is 24.6 Å². The fourth-order valence-electron chi connectivity index (χ4n) is 2.26. The third kappa shape index (κ3) is 5.58. The van der Waals surface area contributed by atoms with Gasteiger partial charge in [0.05, 0.1) is 16.8 Å². The van der Waals surface area contributed by atoms with Crippen LogP contribution in [0.5, 0.6) is 0 Å². The van der Waals surface area contributed by atoms with Crippen LogP contribution in [0.15, 0.2) is 34.6 Å². The predicted molar refractivity (Wildman–Crippen MR) is 96.1 cm³/mol. The molecule has 0 aliphatic rings. The molecule has 1 atom stereocenters. The van der Waals surface area contributed by atoms with Gasteiger partial charge < -0.3 is 15.4 Å². The highest BCUT2D eigenvalue weighted by Gasteiger charge is 2.11. The van der Waals surface area contributed by atoms with Gasteiger partial charge in [-0.25, -0.2) is 9.37 Å². The number of rotatable bonds is 7. The van der Waals surface area contributed by atoms with Gasteiger partial charge in [0.25, 0.3) is 0 Å². The summed E-state index contributed by atoms with van der Waals surface area (Å²) < 4.78 is 18.5. The van der Waals surface area contributed by atoms with Crippen LogP contribution >= 0.6 is 11.3 Å². The molecule has 2 aromatic rings. The monoisotopic (exact) mass is 350 g/mol. The lowest BCUT2D eigenvalue weighted by Gasteiger charge is -2.18. The number of methoxy groups -OCH3 is 1. The van der Waals surface area contributed by atoms with Gasteiger partial charge in [0.2, 0.25) is 0 Å². The highest BCUT2D eigenvalue weighted by Crippen LogP contribution is 2.16. The molecule has 0 aliphatic heterocycles. The van der Waals surface area contributed by atoms with Crippen molar-refractivity contribution in [1.82, 2.24) is 15.6 Å². The number of aliphatic imine (C=N–C) groups is 1. The zero-order chi connectivity index (χ0) is 17.4. The fourth-order valence-corrected chi connectivity index (χ4v) is 2.90. The molecule has 1 unspecified atom stereocenters. The van der Waals surface area contributed by atoms with Crippen molar-refractivity contribution in [3.8, 4) is 0 Å². The molecular weight excluding hydrogens is 327 g/mol. The van der Waals surface area contributed by atoms with Gasteiger partial charge >= 0.3 is 0 Å². The molecule has 0 saturated heterocycles. The van der Waals surface area contributed by atoms with Crippen LogP contribution in [-0.4, -0.2) is 38.2 Å². The normalized spacial score (nSPS) is 12.9. The first kappa shape index (κ1) is 18.4. The van der Waals surface area contributed by atoms with Crippen LogP contribution in [0.3, 0.4) is 0 Å². The van der Waals surface area contributed by atoms with Crippen LogP contribution in [0.2, 0.25) is 0 Å². The summed E-state index contributed by atoms with van der Waals surface area (Å²) in [7, 11) is 3.36. The number of aryl methyl sites for hydroxylation is 1. The second-order valence-corrected chi connectivity index (χ2v) is 6.33. The first-order valence-electron chi connectivity index (χ1n) is 7.76. The van der Waals surface area contributed by atoms with Gasteiger partial charge in [-0.3, -0.25) is 4.99 Å². The number of nitrogens with one attached hydrogen (secondary N) is 2. The van der Waals surface area contributed by atoms with E-state index in [1.165, 1.54) is 12.1 Å². The van der Waals surface area contributed by atoms with Crippen molar-refractivity contribution in [2.75, 3.05) is 27.2 Å². The fraction of sp³-hybridized carbons (Fsp3) is 0.412. The lowest BCUT2D eigenvalue weighted by molar-refractivity contribution is 0.106. The molecule has 0 amide bonds.